The van der Waals surface area contributed by atoms with E-state index < -0.39 is 0 Å². The van der Waals surface area contributed by atoms with Crippen molar-refractivity contribution in [2.75, 3.05) is 0 Å². The molecule has 3 aromatic heterocycles. The number of hydrogen-bond donors (Lipinski definition) is 0. The Bertz CT molecular complexity index is 615. The third-order valence-corrected chi connectivity index (χ3v) is 2.21. The zero-order valence-electron chi connectivity index (χ0n) is 7.46. The molecule has 0 fully saturated rings. The molecule has 0 saturated heterocycles. The first-order chi connectivity index (χ1) is 7.34. The first kappa shape index (κ1) is 8.43. The molecule has 0 aliphatic carbocycles. The van der Waals surface area contributed by atoms with Crippen molar-refractivity contribution in [3.8, 4) is 11.5 Å². The second kappa shape index (κ2) is 3.06. The molecule has 3 aromatic rings. The number of nitrogens with zero attached hydrogens (tertiary/aromatic N) is 4. The van der Waals surface area contributed by atoms with Gasteiger partial charge in [-0.05, 0) is 23.7 Å². The molecule has 0 unspecified atom stereocenters. The summed E-state index contributed by atoms with van der Waals surface area (Å²) in [7, 11) is 0. The van der Waals surface area contributed by atoms with Crippen LogP contribution in [0.5, 0.6) is 0 Å². The van der Waals surface area contributed by atoms with E-state index in [0.717, 1.165) is 11.1 Å². The van der Waals surface area contributed by atoms with Crippen molar-refractivity contribution in [2.45, 2.75) is 0 Å². The average molecular weight is 221 g/mol. The molecule has 3 rings (SSSR count). The van der Waals surface area contributed by atoms with Gasteiger partial charge < -0.3 is 4.42 Å². The van der Waals surface area contributed by atoms with Crippen molar-refractivity contribution in [1.29, 1.82) is 0 Å². The maximum atomic E-state index is 5.56. The number of halogens is 1. The lowest BCUT2D eigenvalue weighted by atomic mass is 10.2. The van der Waals surface area contributed by atoms with E-state index in [1.807, 2.05) is 24.4 Å². The molecule has 0 spiro atoms. The van der Waals surface area contributed by atoms with Gasteiger partial charge in [0.1, 0.15) is 0 Å². The minimum absolute atomic E-state index is 0.0280. The Labute approximate surface area is 89.3 Å². The molecule has 5 nitrogen and oxygen atoms in total. The van der Waals surface area contributed by atoms with Crippen molar-refractivity contribution >= 4 is 17.1 Å². The van der Waals surface area contributed by atoms with Crippen LogP contribution >= 0.6 is 11.6 Å². The Morgan fingerprint density at radius 1 is 1.27 bits per heavy atom. The molecule has 0 atom stereocenters. The van der Waals surface area contributed by atoms with Crippen LogP contribution in [0.1, 0.15) is 0 Å². The van der Waals surface area contributed by atoms with E-state index in [2.05, 4.69) is 15.3 Å². The average Bonchev–Trinajstić information content (AvgIpc) is 2.83. The molecule has 0 radical (unpaired) electrons. The summed E-state index contributed by atoms with van der Waals surface area (Å²) in [5, 5.41) is 11.6. The first-order valence-corrected chi connectivity index (χ1v) is 4.64. The summed E-state index contributed by atoms with van der Waals surface area (Å²) in [4.78, 5) is 0. The van der Waals surface area contributed by atoms with Gasteiger partial charge in [-0.3, -0.25) is 0 Å². The highest BCUT2D eigenvalue weighted by atomic mass is 35.5. The topological polar surface area (TPSA) is 56.2 Å². The van der Waals surface area contributed by atoms with Crippen LogP contribution in [0.4, 0.5) is 0 Å². The Balaban J connectivity index is 2.27. The molecule has 0 aromatic carbocycles. The lowest BCUT2D eigenvalue weighted by Gasteiger charge is -1.91. The van der Waals surface area contributed by atoms with Gasteiger partial charge in [0, 0.05) is 6.20 Å². The van der Waals surface area contributed by atoms with Crippen LogP contribution in [-0.4, -0.2) is 19.8 Å². The van der Waals surface area contributed by atoms with Crippen LogP contribution in [0.3, 0.4) is 0 Å². The van der Waals surface area contributed by atoms with E-state index in [-0.39, 0.29) is 5.35 Å². The van der Waals surface area contributed by atoms with Gasteiger partial charge in [0.25, 0.3) is 5.89 Å². The summed E-state index contributed by atoms with van der Waals surface area (Å²) in [6.07, 6.45) is 3.51. The lowest BCUT2D eigenvalue weighted by Crippen LogP contribution is -1.83. The number of pyridine rings is 1. The smallest absolute Gasteiger partial charge is 0.313 e. The minimum atomic E-state index is 0.0280. The van der Waals surface area contributed by atoms with E-state index >= 15 is 0 Å². The largest absolute Gasteiger partial charge is 0.407 e. The third-order valence-electron chi connectivity index (χ3n) is 2.06. The molecule has 0 saturated carbocycles. The minimum Gasteiger partial charge on any atom is -0.407 e. The third kappa shape index (κ3) is 1.28. The Hall–Kier alpha value is -1.88. The first-order valence-electron chi connectivity index (χ1n) is 4.26. The van der Waals surface area contributed by atoms with Crippen molar-refractivity contribution < 1.29 is 4.42 Å². The molecule has 0 N–H and O–H groups in total. The molecule has 0 aliphatic rings. The van der Waals surface area contributed by atoms with Crippen molar-refractivity contribution in [3.63, 3.8) is 0 Å². The van der Waals surface area contributed by atoms with Gasteiger partial charge in [-0.25, -0.2) is 4.52 Å². The predicted octanol–water partition coefficient (Wildman–Crippen LogP) is 2.04. The zero-order chi connectivity index (χ0) is 10.3. The van der Waals surface area contributed by atoms with Crippen molar-refractivity contribution in [3.05, 3.63) is 35.9 Å². The maximum Gasteiger partial charge on any atom is 0.313 e. The van der Waals surface area contributed by atoms with Gasteiger partial charge in [0.2, 0.25) is 0 Å². The van der Waals surface area contributed by atoms with Gasteiger partial charge in [-0.1, -0.05) is 11.2 Å². The van der Waals surface area contributed by atoms with Crippen LogP contribution in [-0.2, 0) is 0 Å². The lowest BCUT2D eigenvalue weighted by molar-refractivity contribution is 0.571. The molecule has 74 valence electrons. The Morgan fingerprint density at radius 3 is 3.00 bits per heavy atom. The molecule has 0 aliphatic heterocycles. The molecular weight excluding hydrogens is 216 g/mol. The number of rotatable bonds is 1. The van der Waals surface area contributed by atoms with Gasteiger partial charge >= 0.3 is 5.35 Å². The highest BCUT2D eigenvalue weighted by Gasteiger charge is 2.12. The fraction of sp³-hybridized carbons (Fsp3) is 0. The Morgan fingerprint density at radius 2 is 2.20 bits per heavy atom. The Kier molecular flexibility index (Phi) is 1.72. The molecule has 0 bridgehead atoms. The van der Waals surface area contributed by atoms with E-state index in [1.165, 1.54) is 0 Å². The molecule has 6 heteroatoms. The van der Waals surface area contributed by atoms with Crippen molar-refractivity contribution in [2.24, 2.45) is 0 Å². The van der Waals surface area contributed by atoms with Crippen molar-refractivity contribution in [1.82, 2.24) is 19.8 Å². The quantitative estimate of drug-likeness (QED) is 0.630. The maximum absolute atomic E-state index is 5.56. The second-order valence-electron chi connectivity index (χ2n) is 2.95. The summed E-state index contributed by atoms with van der Waals surface area (Å²) < 4.78 is 6.86. The standard InChI is InChI=1S/C9H5ClN4O/c10-9-13-12-8(15-9)6-5-11-14-4-2-1-3-7(6)14/h1-5H. The molecular formula is C9H5ClN4O. The fourth-order valence-electron chi connectivity index (χ4n) is 1.41. The predicted molar refractivity (Wildman–Crippen MR) is 53.5 cm³/mol. The SMILES string of the molecule is Clc1nnc(-c2cnn3ccccc23)o1. The molecule has 0 amide bonds. The monoisotopic (exact) mass is 220 g/mol. The molecule has 3 heterocycles. The number of fused-ring (bicyclic) bond motifs is 1. The van der Waals surface area contributed by atoms with Crippen LogP contribution in [0, 0.1) is 0 Å². The van der Waals surface area contributed by atoms with E-state index in [1.54, 1.807) is 10.7 Å². The number of hydrogen-bond acceptors (Lipinski definition) is 4. The van der Waals surface area contributed by atoms with Crippen LogP contribution in [0.25, 0.3) is 17.0 Å². The fourth-order valence-corrected chi connectivity index (χ4v) is 1.52. The highest BCUT2D eigenvalue weighted by Crippen LogP contribution is 2.23. The second-order valence-corrected chi connectivity index (χ2v) is 3.27. The van der Waals surface area contributed by atoms with E-state index in [9.17, 15) is 0 Å². The summed E-state index contributed by atoms with van der Waals surface area (Å²) in [5.41, 5.74) is 1.67. The summed E-state index contributed by atoms with van der Waals surface area (Å²) in [5.74, 6) is 0.376. The molecule has 15 heavy (non-hydrogen) atoms. The van der Waals surface area contributed by atoms with Crippen LogP contribution < -0.4 is 0 Å². The summed E-state index contributed by atoms with van der Waals surface area (Å²) in [6, 6.07) is 5.73. The van der Waals surface area contributed by atoms with Gasteiger partial charge in [-0.2, -0.15) is 5.10 Å². The van der Waals surface area contributed by atoms with E-state index in [0.29, 0.717) is 5.89 Å². The normalized spacial score (nSPS) is 11.0. The zero-order valence-corrected chi connectivity index (χ0v) is 8.22. The van der Waals surface area contributed by atoms with Gasteiger partial charge in [0.15, 0.2) is 0 Å². The summed E-state index contributed by atoms with van der Waals surface area (Å²) in [6.45, 7) is 0. The van der Waals surface area contributed by atoms with E-state index in [4.69, 9.17) is 16.0 Å². The summed E-state index contributed by atoms with van der Waals surface area (Å²) >= 11 is 5.56. The van der Waals surface area contributed by atoms with Crippen LogP contribution in [0.15, 0.2) is 35.0 Å². The van der Waals surface area contributed by atoms with Crippen LogP contribution in [0.2, 0.25) is 5.35 Å². The van der Waals surface area contributed by atoms with Gasteiger partial charge in [0.05, 0.1) is 17.3 Å². The highest BCUT2D eigenvalue weighted by molar-refractivity contribution is 6.27. The van der Waals surface area contributed by atoms with Gasteiger partial charge in [-0.15, -0.1) is 5.10 Å². The number of aromatic nitrogens is 4.